The lowest BCUT2D eigenvalue weighted by molar-refractivity contribution is 0.403. The van der Waals surface area contributed by atoms with Crippen LogP contribution in [0.1, 0.15) is 44.9 Å². The summed E-state index contributed by atoms with van der Waals surface area (Å²) in [6.45, 7) is 0. The van der Waals surface area contributed by atoms with Gasteiger partial charge in [0, 0.05) is 6.21 Å². The Hall–Kier alpha value is -1.05. The average Bonchev–Trinajstić information content (AvgIpc) is 2.68. The second-order valence-electron chi connectivity index (χ2n) is 3.52. The Kier molecular flexibility index (Phi) is 6.73. The molecule has 0 aromatic carbocycles. The average molecular weight is 193 g/mol. The molecule has 14 heavy (non-hydrogen) atoms. The molecule has 78 valence electrons. The summed E-state index contributed by atoms with van der Waals surface area (Å²) in [5.74, 6) is 0. The maximum absolute atomic E-state index is 4.71. The van der Waals surface area contributed by atoms with Crippen LogP contribution in [0.25, 0.3) is 0 Å². The van der Waals surface area contributed by atoms with E-state index in [4.69, 9.17) is 4.74 Å². The van der Waals surface area contributed by atoms with Crippen molar-refractivity contribution in [3.8, 4) is 0 Å². The number of aliphatic imine (C=N–C) groups is 1. The highest BCUT2D eigenvalue weighted by atomic mass is 16.5. The van der Waals surface area contributed by atoms with E-state index in [1.54, 1.807) is 24.8 Å². The summed E-state index contributed by atoms with van der Waals surface area (Å²) in [5.41, 5.74) is 0. The van der Waals surface area contributed by atoms with Gasteiger partial charge in [-0.1, -0.05) is 44.9 Å². The highest BCUT2D eigenvalue weighted by Gasteiger charge is 1.95. The minimum absolute atomic E-state index is 1.50. The van der Waals surface area contributed by atoms with Crippen molar-refractivity contribution in [2.75, 3.05) is 0 Å². The molecule has 2 nitrogen and oxygen atoms in total. The number of hydrogen-bond acceptors (Lipinski definition) is 2. The summed E-state index contributed by atoms with van der Waals surface area (Å²) < 4.78 is 4.71. The summed E-state index contributed by atoms with van der Waals surface area (Å²) in [7, 11) is 0. The van der Waals surface area contributed by atoms with Crippen molar-refractivity contribution in [2.24, 2.45) is 4.99 Å². The molecular weight excluding hydrogens is 174 g/mol. The van der Waals surface area contributed by atoms with Crippen LogP contribution in [0.4, 0.5) is 0 Å². The first-order valence-corrected chi connectivity index (χ1v) is 5.49. The first kappa shape index (κ1) is 11.0. The Bertz CT molecular complexity index is 173. The molecular formula is C12H19NO. The van der Waals surface area contributed by atoms with Gasteiger partial charge in [0.15, 0.2) is 0 Å². The van der Waals surface area contributed by atoms with Gasteiger partial charge in [0.05, 0.1) is 12.5 Å². The van der Waals surface area contributed by atoms with E-state index in [0.717, 1.165) is 0 Å². The van der Waals surface area contributed by atoms with Crippen molar-refractivity contribution in [1.82, 2.24) is 0 Å². The number of nitrogens with zero attached hydrogens (tertiary/aromatic N) is 1. The van der Waals surface area contributed by atoms with E-state index in [0.29, 0.717) is 0 Å². The molecule has 2 rings (SSSR count). The SMILES string of the molecule is C1=COC=CN=C1.C1CCCCCC1. The molecule has 0 radical (unpaired) electrons. The van der Waals surface area contributed by atoms with Gasteiger partial charge in [-0.15, -0.1) is 0 Å². The summed E-state index contributed by atoms with van der Waals surface area (Å²) in [6, 6.07) is 0. The van der Waals surface area contributed by atoms with E-state index in [1.807, 2.05) is 0 Å². The van der Waals surface area contributed by atoms with Crippen LogP contribution in [0.15, 0.2) is 29.8 Å². The topological polar surface area (TPSA) is 21.6 Å². The molecule has 2 heteroatoms. The van der Waals surface area contributed by atoms with Gasteiger partial charge in [0.1, 0.15) is 6.26 Å². The normalized spacial score (nSPS) is 20.0. The second kappa shape index (κ2) is 8.54. The minimum Gasteiger partial charge on any atom is -0.471 e. The molecule has 2 aliphatic rings. The fourth-order valence-corrected chi connectivity index (χ4v) is 1.53. The molecule has 0 N–H and O–H groups in total. The number of hydrogen-bond donors (Lipinski definition) is 0. The zero-order valence-corrected chi connectivity index (χ0v) is 8.69. The van der Waals surface area contributed by atoms with E-state index in [2.05, 4.69) is 4.99 Å². The molecule has 0 aromatic heterocycles. The molecule has 0 amide bonds. The van der Waals surface area contributed by atoms with Crippen LogP contribution >= 0.6 is 0 Å². The van der Waals surface area contributed by atoms with Gasteiger partial charge >= 0.3 is 0 Å². The fraction of sp³-hybridized carbons (Fsp3) is 0.583. The van der Waals surface area contributed by atoms with Gasteiger partial charge in [-0.3, -0.25) is 4.99 Å². The van der Waals surface area contributed by atoms with Gasteiger partial charge in [-0.25, -0.2) is 0 Å². The molecule has 1 fully saturated rings. The fourth-order valence-electron chi connectivity index (χ4n) is 1.53. The van der Waals surface area contributed by atoms with Crippen LogP contribution in [0, 0.1) is 0 Å². The van der Waals surface area contributed by atoms with E-state index in [1.165, 1.54) is 51.2 Å². The van der Waals surface area contributed by atoms with E-state index in [9.17, 15) is 0 Å². The lowest BCUT2D eigenvalue weighted by Crippen LogP contribution is -1.66. The zero-order valence-electron chi connectivity index (χ0n) is 8.69. The maximum atomic E-state index is 4.71. The van der Waals surface area contributed by atoms with Gasteiger partial charge in [-0.05, 0) is 6.08 Å². The maximum Gasteiger partial charge on any atom is 0.108 e. The quantitative estimate of drug-likeness (QED) is 0.536. The molecule has 0 unspecified atom stereocenters. The highest BCUT2D eigenvalue weighted by molar-refractivity contribution is 5.71. The lowest BCUT2D eigenvalue weighted by atomic mass is 10.2. The van der Waals surface area contributed by atoms with Gasteiger partial charge in [0.2, 0.25) is 0 Å². The Morgan fingerprint density at radius 3 is 1.93 bits per heavy atom. The van der Waals surface area contributed by atoms with Gasteiger partial charge < -0.3 is 4.74 Å². The largest absolute Gasteiger partial charge is 0.471 e. The number of allylic oxidation sites excluding steroid dienone is 1. The summed E-state index contributed by atoms with van der Waals surface area (Å²) in [5, 5.41) is 0. The third-order valence-electron chi connectivity index (χ3n) is 2.30. The molecule has 1 saturated carbocycles. The molecule has 0 atom stereocenters. The van der Waals surface area contributed by atoms with E-state index >= 15 is 0 Å². The van der Waals surface area contributed by atoms with E-state index in [-0.39, 0.29) is 0 Å². The lowest BCUT2D eigenvalue weighted by Gasteiger charge is -1.85. The van der Waals surface area contributed by atoms with Gasteiger partial charge in [-0.2, -0.15) is 0 Å². The number of ether oxygens (including phenoxy) is 1. The third kappa shape index (κ3) is 6.46. The molecule has 0 aromatic rings. The molecule has 0 saturated heterocycles. The summed E-state index contributed by atoms with van der Waals surface area (Å²) in [4.78, 5) is 3.75. The van der Waals surface area contributed by atoms with Crippen LogP contribution in [0.5, 0.6) is 0 Å². The van der Waals surface area contributed by atoms with Crippen molar-refractivity contribution in [3.05, 3.63) is 24.8 Å². The molecule has 1 heterocycles. The monoisotopic (exact) mass is 193 g/mol. The van der Waals surface area contributed by atoms with Crippen molar-refractivity contribution in [1.29, 1.82) is 0 Å². The van der Waals surface area contributed by atoms with Crippen LogP contribution in [-0.2, 0) is 4.74 Å². The van der Waals surface area contributed by atoms with Crippen molar-refractivity contribution < 1.29 is 4.74 Å². The smallest absolute Gasteiger partial charge is 0.108 e. The van der Waals surface area contributed by atoms with Crippen molar-refractivity contribution in [2.45, 2.75) is 44.9 Å². The Labute approximate surface area is 86.4 Å². The predicted octanol–water partition coefficient (Wildman–Crippen LogP) is 3.80. The first-order chi connectivity index (χ1) is 7.00. The zero-order chi connectivity index (χ0) is 9.90. The van der Waals surface area contributed by atoms with Crippen LogP contribution in [0.2, 0.25) is 0 Å². The van der Waals surface area contributed by atoms with Crippen LogP contribution in [-0.4, -0.2) is 6.21 Å². The van der Waals surface area contributed by atoms with E-state index < -0.39 is 0 Å². The van der Waals surface area contributed by atoms with Crippen LogP contribution in [0.3, 0.4) is 0 Å². The summed E-state index contributed by atoms with van der Waals surface area (Å²) >= 11 is 0. The Balaban J connectivity index is 0.000000140. The third-order valence-corrected chi connectivity index (χ3v) is 2.30. The second-order valence-corrected chi connectivity index (χ2v) is 3.52. The van der Waals surface area contributed by atoms with Gasteiger partial charge in [0.25, 0.3) is 0 Å². The van der Waals surface area contributed by atoms with Crippen molar-refractivity contribution in [3.63, 3.8) is 0 Å². The predicted molar refractivity (Wildman–Crippen MR) is 60.2 cm³/mol. The highest BCUT2D eigenvalue weighted by Crippen LogP contribution is 2.15. The molecule has 0 spiro atoms. The first-order valence-electron chi connectivity index (χ1n) is 5.49. The Morgan fingerprint density at radius 2 is 1.36 bits per heavy atom. The van der Waals surface area contributed by atoms with Crippen molar-refractivity contribution >= 4 is 6.21 Å². The number of rotatable bonds is 0. The molecule has 0 bridgehead atoms. The molecule has 1 aliphatic carbocycles. The molecule has 1 aliphatic heterocycles. The van der Waals surface area contributed by atoms with Crippen LogP contribution < -0.4 is 0 Å². The Morgan fingerprint density at radius 1 is 0.786 bits per heavy atom. The summed E-state index contributed by atoms with van der Waals surface area (Å²) in [6.07, 6.45) is 18.5. The standard InChI is InChI=1S/C7H14.C5H5NO/c1-2-4-6-7-5-3-1;1-2-6-3-5-7-4-1/h1-7H2;1-5H. The minimum atomic E-state index is 1.50.